The van der Waals surface area contributed by atoms with Gasteiger partial charge in [0.25, 0.3) is 5.91 Å². The molecule has 0 aliphatic carbocycles. The number of ether oxygens (including phenoxy) is 3. The molecule has 1 aromatic rings. The summed E-state index contributed by atoms with van der Waals surface area (Å²) >= 11 is 0. The Kier molecular flexibility index (Phi) is 7.11. The number of rotatable bonds is 9. The molecule has 0 spiro atoms. The van der Waals surface area contributed by atoms with E-state index in [1.807, 2.05) is 0 Å². The monoisotopic (exact) mass is 294 g/mol. The van der Waals surface area contributed by atoms with Crippen LogP contribution in [0.5, 0.6) is 11.5 Å². The first-order valence-electron chi connectivity index (χ1n) is 6.62. The van der Waals surface area contributed by atoms with E-state index in [2.05, 4.69) is 11.9 Å². The van der Waals surface area contributed by atoms with Gasteiger partial charge in [0.15, 0.2) is 0 Å². The second kappa shape index (κ2) is 8.86. The molecule has 3 N–H and O–H groups in total. The molecule has 0 saturated heterocycles. The van der Waals surface area contributed by atoms with Gasteiger partial charge in [-0.3, -0.25) is 4.79 Å². The minimum Gasteiger partial charge on any atom is -0.497 e. The minimum absolute atomic E-state index is 0.281. The Hall–Kier alpha value is -2.21. The van der Waals surface area contributed by atoms with E-state index in [-0.39, 0.29) is 11.6 Å². The molecule has 0 atom stereocenters. The third-order valence-electron chi connectivity index (χ3n) is 2.81. The van der Waals surface area contributed by atoms with Gasteiger partial charge < -0.3 is 25.3 Å². The summed E-state index contributed by atoms with van der Waals surface area (Å²) in [6.45, 7) is 5.02. The van der Waals surface area contributed by atoms with E-state index >= 15 is 0 Å². The fourth-order valence-electron chi connectivity index (χ4n) is 1.68. The number of hydrogen-bond acceptors (Lipinski definition) is 5. The smallest absolute Gasteiger partial charge is 0.253 e. The maximum Gasteiger partial charge on any atom is 0.253 e. The zero-order valence-electron chi connectivity index (χ0n) is 12.5. The van der Waals surface area contributed by atoms with E-state index in [9.17, 15) is 4.79 Å². The first-order valence-corrected chi connectivity index (χ1v) is 6.62. The molecule has 0 aliphatic heterocycles. The lowest BCUT2D eigenvalue weighted by Crippen LogP contribution is -2.28. The Morgan fingerprint density at radius 1 is 1.33 bits per heavy atom. The Morgan fingerprint density at radius 2 is 2.10 bits per heavy atom. The first kappa shape index (κ1) is 16.8. The number of nitrogens with one attached hydrogen (secondary N) is 1. The molecular weight excluding hydrogens is 272 g/mol. The molecule has 21 heavy (non-hydrogen) atoms. The van der Waals surface area contributed by atoms with Crippen LogP contribution in [0.3, 0.4) is 0 Å². The maximum absolute atomic E-state index is 12.1. The first-order chi connectivity index (χ1) is 10.1. The van der Waals surface area contributed by atoms with Crippen molar-refractivity contribution in [1.29, 1.82) is 0 Å². The van der Waals surface area contributed by atoms with E-state index in [0.29, 0.717) is 36.8 Å². The number of benzene rings is 1. The van der Waals surface area contributed by atoms with Crippen LogP contribution in [0.1, 0.15) is 16.8 Å². The van der Waals surface area contributed by atoms with Crippen LogP contribution in [0.15, 0.2) is 24.8 Å². The number of methoxy groups -OCH3 is 2. The predicted molar refractivity (Wildman–Crippen MR) is 81.9 cm³/mol. The summed E-state index contributed by atoms with van der Waals surface area (Å²) in [6, 6.07) is 3.20. The Bertz CT molecular complexity index is 489. The third kappa shape index (κ3) is 5.00. The lowest BCUT2D eigenvalue weighted by Gasteiger charge is -2.13. The van der Waals surface area contributed by atoms with Gasteiger partial charge in [0.1, 0.15) is 11.5 Å². The number of nitrogen functional groups attached to an aromatic ring is 1. The molecule has 6 heteroatoms. The number of carbonyl (C=O) groups excluding carboxylic acids is 1. The van der Waals surface area contributed by atoms with Crippen molar-refractivity contribution < 1.29 is 19.0 Å². The fraction of sp³-hybridized carbons (Fsp3) is 0.400. The molecule has 0 bridgehead atoms. The van der Waals surface area contributed by atoms with Crippen molar-refractivity contribution in [1.82, 2.24) is 5.32 Å². The van der Waals surface area contributed by atoms with Gasteiger partial charge in [0.05, 0.1) is 38.7 Å². The second-order valence-electron chi connectivity index (χ2n) is 4.24. The normalized spacial score (nSPS) is 10.0. The molecule has 116 valence electrons. The number of nitrogens with two attached hydrogens (primary N) is 1. The van der Waals surface area contributed by atoms with E-state index in [0.717, 1.165) is 6.42 Å². The summed E-state index contributed by atoms with van der Waals surface area (Å²) in [5.41, 5.74) is 6.50. The molecule has 1 amide bonds. The van der Waals surface area contributed by atoms with Gasteiger partial charge in [-0.25, -0.2) is 0 Å². The Balaban J connectivity index is 2.62. The third-order valence-corrected chi connectivity index (χ3v) is 2.81. The van der Waals surface area contributed by atoms with Crippen LogP contribution in [0.2, 0.25) is 0 Å². The van der Waals surface area contributed by atoms with Crippen molar-refractivity contribution in [2.45, 2.75) is 6.42 Å². The second-order valence-corrected chi connectivity index (χ2v) is 4.24. The summed E-state index contributed by atoms with van der Waals surface area (Å²) < 4.78 is 15.6. The number of anilines is 1. The lowest BCUT2D eigenvalue weighted by molar-refractivity contribution is 0.0918. The molecule has 0 fully saturated rings. The van der Waals surface area contributed by atoms with Crippen molar-refractivity contribution >= 4 is 11.6 Å². The average molecular weight is 294 g/mol. The van der Waals surface area contributed by atoms with Crippen LogP contribution in [0.4, 0.5) is 5.69 Å². The van der Waals surface area contributed by atoms with E-state index < -0.39 is 0 Å². The molecule has 6 nitrogen and oxygen atoms in total. The Labute approximate surface area is 124 Å². The topological polar surface area (TPSA) is 82.8 Å². The van der Waals surface area contributed by atoms with Gasteiger partial charge in [0.2, 0.25) is 0 Å². The van der Waals surface area contributed by atoms with Gasteiger partial charge in [-0.05, 0) is 12.5 Å². The number of carbonyl (C=O) groups is 1. The van der Waals surface area contributed by atoms with Gasteiger partial charge in [-0.2, -0.15) is 0 Å². The van der Waals surface area contributed by atoms with Crippen LogP contribution in [-0.4, -0.2) is 39.9 Å². The maximum atomic E-state index is 12.1. The zero-order valence-corrected chi connectivity index (χ0v) is 12.5. The van der Waals surface area contributed by atoms with Crippen molar-refractivity contribution in [2.24, 2.45) is 0 Å². The van der Waals surface area contributed by atoms with E-state index in [1.54, 1.807) is 18.2 Å². The molecular formula is C15H22N2O4. The summed E-state index contributed by atoms with van der Waals surface area (Å²) in [4.78, 5) is 12.1. The highest BCUT2D eigenvalue weighted by Crippen LogP contribution is 2.30. The average Bonchev–Trinajstić information content (AvgIpc) is 2.50. The van der Waals surface area contributed by atoms with Gasteiger partial charge >= 0.3 is 0 Å². The highest BCUT2D eigenvalue weighted by atomic mass is 16.5. The minimum atomic E-state index is -0.294. The van der Waals surface area contributed by atoms with Crippen LogP contribution in [0.25, 0.3) is 0 Å². The van der Waals surface area contributed by atoms with E-state index in [4.69, 9.17) is 19.9 Å². The molecule has 1 aromatic carbocycles. The lowest BCUT2D eigenvalue weighted by atomic mass is 10.1. The van der Waals surface area contributed by atoms with Crippen LogP contribution in [-0.2, 0) is 4.74 Å². The zero-order chi connectivity index (χ0) is 15.7. The van der Waals surface area contributed by atoms with Crippen LogP contribution < -0.4 is 20.5 Å². The van der Waals surface area contributed by atoms with Gasteiger partial charge in [-0.1, -0.05) is 6.08 Å². The molecule has 0 aliphatic rings. The fourth-order valence-corrected chi connectivity index (χ4v) is 1.68. The highest BCUT2D eigenvalue weighted by Gasteiger charge is 2.15. The Morgan fingerprint density at radius 3 is 2.71 bits per heavy atom. The van der Waals surface area contributed by atoms with Crippen molar-refractivity contribution in [3.05, 3.63) is 30.4 Å². The quantitative estimate of drug-likeness (QED) is 0.411. The summed E-state index contributed by atoms with van der Waals surface area (Å²) in [7, 11) is 3.00. The molecule has 0 radical (unpaired) electrons. The molecule has 0 aromatic heterocycles. The predicted octanol–water partition coefficient (Wildman–Crippen LogP) is 1.61. The van der Waals surface area contributed by atoms with Gasteiger partial charge in [-0.15, -0.1) is 6.58 Å². The molecule has 0 saturated carbocycles. The van der Waals surface area contributed by atoms with E-state index in [1.165, 1.54) is 14.2 Å². The molecule has 0 heterocycles. The molecule has 1 rings (SSSR count). The van der Waals surface area contributed by atoms with Crippen molar-refractivity contribution in [3.8, 4) is 11.5 Å². The number of amides is 1. The highest BCUT2D eigenvalue weighted by molar-refractivity contribution is 6.00. The van der Waals surface area contributed by atoms with Crippen LogP contribution >= 0.6 is 0 Å². The van der Waals surface area contributed by atoms with Crippen LogP contribution in [0, 0.1) is 0 Å². The van der Waals surface area contributed by atoms with Gasteiger partial charge in [0, 0.05) is 12.6 Å². The standard InChI is InChI=1S/C15H22N2O4/c1-4-5-7-21-8-6-17-15(18)12-9-11(19-2)10-13(20-3)14(12)16/h4,9-10H,1,5-8,16H2,2-3H3,(H,17,18). The largest absolute Gasteiger partial charge is 0.497 e. The summed E-state index contributed by atoms with van der Waals surface area (Å²) in [6.07, 6.45) is 2.57. The summed E-state index contributed by atoms with van der Waals surface area (Å²) in [5.74, 6) is 0.618. The number of hydrogen-bond donors (Lipinski definition) is 2. The van der Waals surface area contributed by atoms with Crippen molar-refractivity contribution in [3.63, 3.8) is 0 Å². The SMILES string of the molecule is C=CCCOCCNC(=O)c1cc(OC)cc(OC)c1N. The summed E-state index contributed by atoms with van der Waals surface area (Å²) in [5, 5.41) is 2.74. The van der Waals surface area contributed by atoms with Crippen molar-refractivity contribution in [2.75, 3.05) is 39.7 Å². The molecule has 0 unspecified atom stereocenters.